The monoisotopic (exact) mass is 343 g/mol. The van der Waals surface area contributed by atoms with Crippen molar-refractivity contribution >= 4 is 29.4 Å². The molecule has 1 aliphatic rings. The first-order valence-electron chi connectivity index (χ1n) is 8.23. The topological polar surface area (TPSA) is 35.6 Å². The Morgan fingerprint density at radius 1 is 1.04 bits per heavy atom. The lowest BCUT2D eigenvalue weighted by Crippen LogP contribution is -2.45. The maximum atomic E-state index is 10.9. The molecule has 1 heterocycles. The van der Waals surface area contributed by atoms with E-state index in [1.807, 2.05) is 41.3 Å². The second kappa shape index (κ2) is 7.58. The van der Waals surface area contributed by atoms with E-state index >= 15 is 0 Å². The molecule has 1 N–H and O–H groups in total. The molecule has 0 spiro atoms. The van der Waals surface area contributed by atoms with E-state index in [2.05, 4.69) is 29.3 Å². The zero-order chi connectivity index (χ0) is 16.9. The van der Waals surface area contributed by atoms with Gasteiger partial charge in [-0.3, -0.25) is 4.79 Å². The summed E-state index contributed by atoms with van der Waals surface area (Å²) in [5, 5.41) is 4.35. The van der Waals surface area contributed by atoms with Crippen molar-refractivity contribution in [3.05, 3.63) is 59.1 Å². The number of benzene rings is 2. The summed E-state index contributed by atoms with van der Waals surface area (Å²) in [5.74, 6) is 0. The largest absolute Gasteiger partial charge is 0.377 e. The van der Waals surface area contributed by atoms with Crippen LogP contribution in [-0.4, -0.2) is 37.5 Å². The zero-order valence-corrected chi connectivity index (χ0v) is 14.5. The molecule has 0 radical (unpaired) electrons. The van der Waals surface area contributed by atoms with Crippen molar-refractivity contribution in [3.8, 4) is 0 Å². The second-order valence-corrected chi connectivity index (χ2v) is 6.44. The molecule has 1 aliphatic heterocycles. The van der Waals surface area contributed by atoms with Crippen LogP contribution >= 0.6 is 11.6 Å². The first-order valence-corrected chi connectivity index (χ1v) is 8.61. The van der Waals surface area contributed by atoms with Crippen molar-refractivity contribution in [1.82, 2.24) is 4.90 Å². The Balaban J connectivity index is 1.77. The van der Waals surface area contributed by atoms with Crippen molar-refractivity contribution in [1.29, 1.82) is 0 Å². The van der Waals surface area contributed by atoms with Crippen molar-refractivity contribution in [2.75, 3.05) is 36.4 Å². The summed E-state index contributed by atoms with van der Waals surface area (Å²) in [6.45, 7) is 5.33. The van der Waals surface area contributed by atoms with Gasteiger partial charge < -0.3 is 15.1 Å². The number of piperazine rings is 1. The van der Waals surface area contributed by atoms with E-state index < -0.39 is 0 Å². The number of para-hydroxylation sites is 2. The summed E-state index contributed by atoms with van der Waals surface area (Å²) in [6, 6.07) is 16.3. The summed E-state index contributed by atoms with van der Waals surface area (Å²) >= 11 is 6.32. The van der Waals surface area contributed by atoms with Gasteiger partial charge in [0.05, 0.1) is 17.4 Å². The van der Waals surface area contributed by atoms with E-state index in [1.165, 1.54) is 5.69 Å². The van der Waals surface area contributed by atoms with Crippen LogP contribution in [0.15, 0.2) is 48.5 Å². The summed E-state index contributed by atoms with van der Waals surface area (Å²) in [5.41, 5.74) is 3.34. The maximum Gasteiger partial charge on any atom is 0.209 e. The summed E-state index contributed by atoms with van der Waals surface area (Å²) < 4.78 is 0. The average Bonchev–Trinajstić information content (AvgIpc) is 2.62. The van der Waals surface area contributed by atoms with Crippen LogP contribution in [-0.2, 0) is 4.79 Å². The Labute approximate surface area is 148 Å². The van der Waals surface area contributed by atoms with Gasteiger partial charge in [0.15, 0.2) is 0 Å². The number of nitrogens with zero attached hydrogens (tertiary/aromatic N) is 2. The highest BCUT2D eigenvalue weighted by molar-refractivity contribution is 6.31. The van der Waals surface area contributed by atoms with Gasteiger partial charge in [0.25, 0.3) is 0 Å². The first-order chi connectivity index (χ1) is 11.7. The first kappa shape index (κ1) is 16.7. The number of hydrogen-bond donors (Lipinski definition) is 1. The highest BCUT2D eigenvalue weighted by Gasteiger charge is 2.19. The third-order valence-electron chi connectivity index (χ3n) is 4.45. The van der Waals surface area contributed by atoms with Gasteiger partial charge >= 0.3 is 0 Å². The minimum atomic E-state index is 0.108. The molecule has 126 valence electrons. The van der Waals surface area contributed by atoms with Gasteiger partial charge in [-0.25, -0.2) is 0 Å². The molecule has 0 aromatic heterocycles. The zero-order valence-electron chi connectivity index (χ0n) is 13.8. The maximum absolute atomic E-state index is 10.9. The number of carbonyl (C=O) groups is 1. The third kappa shape index (κ3) is 3.65. The lowest BCUT2D eigenvalue weighted by molar-refractivity contribution is -0.118. The van der Waals surface area contributed by atoms with Crippen LogP contribution in [0.4, 0.5) is 11.4 Å². The third-order valence-corrected chi connectivity index (χ3v) is 4.80. The van der Waals surface area contributed by atoms with Gasteiger partial charge in [0.1, 0.15) is 0 Å². The molecule has 0 aliphatic carbocycles. The van der Waals surface area contributed by atoms with Crippen LogP contribution in [0.1, 0.15) is 18.5 Å². The highest BCUT2D eigenvalue weighted by atomic mass is 35.5. The lowest BCUT2D eigenvalue weighted by Gasteiger charge is -2.35. The molecular formula is C19H22ClN3O. The Hall–Kier alpha value is -2.20. The number of anilines is 2. The highest BCUT2D eigenvalue weighted by Crippen LogP contribution is 2.31. The van der Waals surface area contributed by atoms with Crippen LogP contribution in [0, 0.1) is 0 Å². The van der Waals surface area contributed by atoms with Gasteiger partial charge in [-0.05, 0) is 30.7 Å². The van der Waals surface area contributed by atoms with Crippen molar-refractivity contribution in [3.63, 3.8) is 0 Å². The molecule has 3 rings (SSSR count). The van der Waals surface area contributed by atoms with E-state index in [-0.39, 0.29) is 6.04 Å². The van der Waals surface area contributed by atoms with Crippen LogP contribution < -0.4 is 10.2 Å². The van der Waals surface area contributed by atoms with Crippen LogP contribution in [0.25, 0.3) is 0 Å². The smallest absolute Gasteiger partial charge is 0.209 e. The van der Waals surface area contributed by atoms with Crippen molar-refractivity contribution in [2.45, 2.75) is 13.0 Å². The Kier molecular flexibility index (Phi) is 5.26. The fourth-order valence-corrected chi connectivity index (χ4v) is 3.38. The van der Waals surface area contributed by atoms with Crippen LogP contribution in [0.5, 0.6) is 0 Å². The molecule has 2 aromatic rings. The Morgan fingerprint density at radius 3 is 2.42 bits per heavy atom. The van der Waals surface area contributed by atoms with Crippen LogP contribution in [0.2, 0.25) is 5.02 Å². The lowest BCUT2D eigenvalue weighted by atomic mass is 10.1. The van der Waals surface area contributed by atoms with Gasteiger partial charge in [0, 0.05) is 31.2 Å². The Morgan fingerprint density at radius 2 is 1.71 bits per heavy atom. The van der Waals surface area contributed by atoms with E-state index in [9.17, 15) is 4.79 Å². The molecule has 24 heavy (non-hydrogen) atoms. The van der Waals surface area contributed by atoms with E-state index in [4.69, 9.17) is 11.6 Å². The summed E-state index contributed by atoms with van der Waals surface area (Å²) in [7, 11) is 0. The number of carbonyl (C=O) groups excluding carboxylic acids is 1. The molecule has 1 amide bonds. The number of nitrogens with one attached hydrogen (secondary N) is 1. The number of hydrogen-bond acceptors (Lipinski definition) is 3. The SMILES string of the molecule is CC(Nc1ccccc1N1CCN(C=O)CC1)c1ccccc1Cl. The van der Waals surface area contributed by atoms with Crippen LogP contribution in [0.3, 0.4) is 0 Å². The minimum Gasteiger partial charge on any atom is -0.377 e. The number of halogens is 1. The number of amides is 1. The molecule has 4 nitrogen and oxygen atoms in total. The van der Waals surface area contributed by atoms with Gasteiger partial charge in [0.2, 0.25) is 6.41 Å². The fourth-order valence-electron chi connectivity index (χ4n) is 3.08. The normalized spacial score (nSPS) is 15.9. The second-order valence-electron chi connectivity index (χ2n) is 6.03. The van der Waals surface area contributed by atoms with Gasteiger partial charge in [-0.1, -0.05) is 41.9 Å². The predicted octanol–water partition coefficient (Wildman–Crippen LogP) is 3.79. The molecule has 5 heteroatoms. The molecule has 2 aromatic carbocycles. The van der Waals surface area contributed by atoms with E-state index in [0.717, 1.165) is 48.9 Å². The molecule has 0 saturated carbocycles. The quantitative estimate of drug-likeness (QED) is 0.839. The standard InChI is InChI=1S/C19H22ClN3O/c1-15(16-6-2-3-7-17(16)20)21-18-8-4-5-9-19(18)23-12-10-22(14-24)11-13-23/h2-9,14-15,21H,10-13H2,1H3. The predicted molar refractivity (Wildman–Crippen MR) is 99.8 cm³/mol. The van der Waals surface area contributed by atoms with E-state index in [1.54, 1.807) is 0 Å². The molecule has 1 unspecified atom stereocenters. The average molecular weight is 344 g/mol. The fraction of sp³-hybridized carbons (Fsp3) is 0.316. The molecular weight excluding hydrogens is 322 g/mol. The van der Waals surface area contributed by atoms with Crippen molar-refractivity contribution in [2.24, 2.45) is 0 Å². The molecule has 1 saturated heterocycles. The summed E-state index contributed by atoms with van der Waals surface area (Å²) in [6.07, 6.45) is 0.932. The molecule has 0 bridgehead atoms. The molecule has 1 fully saturated rings. The Bertz CT molecular complexity index is 699. The molecule has 1 atom stereocenters. The van der Waals surface area contributed by atoms with E-state index in [0.29, 0.717) is 0 Å². The summed E-state index contributed by atoms with van der Waals surface area (Å²) in [4.78, 5) is 15.0. The van der Waals surface area contributed by atoms with Gasteiger partial charge in [-0.15, -0.1) is 0 Å². The number of rotatable bonds is 5. The minimum absolute atomic E-state index is 0.108. The van der Waals surface area contributed by atoms with Crippen molar-refractivity contribution < 1.29 is 4.79 Å². The van der Waals surface area contributed by atoms with Gasteiger partial charge in [-0.2, -0.15) is 0 Å².